The average molecular weight is 246 g/mol. The number of aromatic nitrogens is 1. The third-order valence-electron chi connectivity index (χ3n) is 2.69. The zero-order valence-electron chi connectivity index (χ0n) is 10.8. The summed E-state index contributed by atoms with van der Waals surface area (Å²) < 4.78 is 11.2. The van der Waals surface area contributed by atoms with E-state index in [0.29, 0.717) is 13.2 Å². The Morgan fingerprint density at radius 1 is 1.22 bits per heavy atom. The summed E-state index contributed by atoms with van der Waals surface area (Å²) in [4.78, 5) is 4.45. The maximum atomic E-state index is 5.73. The second-order valence-electron chi connectivity index (χ2n) is 4.11. The van der Waals surface area contributed by atoms with Crippen molar-refractivity contribution in [2.75, 3.05) is 0 Å². The molecule has 2 rings (SSSR count). The van der Waals surface area contributed by atoms with Crippen LogP contribution in [0.5, 0.6) is 5.75 Å². The van der Waals surface area contributed by atoms with Gasteiger partial charge in [0.05, 0.1) is 12.2 Å². The molecule has 2 N–H and O–H groups in total. The first kappa shape index (κ1) is 12.6. The lowest BCUT2D eigenvalue weighted by Crippen LogP contribution is -2.00. The normalized spacial score (nSPS) is 10.6. The molecule has 0 saturated carbocycles. The van der Waals surface area contributed by atoms with Gasteiger partial charge >= 0.3 is 0 Å². The van der Waals surface area contributed by atoms with E-state index in [4.69, 9.17) is 14.9 Å². The first-order valence-electron chi connectivity index (χ1n) is 6.10. The highest BCUT2D eigenvalue weighted by Crippen LogP contribution is 2.19. The molecule has 18 heavy (non-hydrogen) atoms. The topological polar surface area (TPSA) is 61.3 Å². The zero-order chi connectivity index (χ0) is 13.0. The van der Waals surface area contributed by atoms with Gasteiger partial charge < -0.3 is 14.9 Å². The van der Waals surface area contributed by atoms with Crippen LogP contribution in [0.1, 0.15) is 29.8 Å². The van der Waals surface area contributed by atoms with Crippen molar-refractivity contribution in [1.29, 1.82) is 0 Å². The first-order valence-corrected chi connectivity index (χ1v) is 6.10. The molecule has 2 heterocycles. The molecule has 0 amide bonds. The summed E-state index contributed by atoms with van der Waals surface area (Å²) >= 11 is 0. The number of hydrogen-bond acceptors (Lipinski definition) is 4. The van der Waals surface area contributed by atoms with Gasteiger partial charge in [0.2, 0.25) is 0 Å². The van der Waals surface area contributed by atoms with Gasteiger partial charge in [0, 0.05) is 5.69 Å². The summed E-state index contributed by atoms with van der Waals surface area (Å²) in [5, 5.41) is 0. The van der Waals surface area contributed by atoms with Crippen molar-refractivity contribution in [3.63, 3.8) is 0 Å². The number of pyridine rings is 1. The van der Waals surface area contributed by atoms with Crippen molar-refractivity contribution in [1.82, 2.24) is 4.98 Å². The van der Waals surface area contributed by atoms with Crippen LogP contribution in [-0.4, -0.2) is 4.98 Å². The van der Waals surface area contributed by atoms with E-state index < -0.39 is 0 Å². The van der Waals surface area contributed by atoms with E-state index in [1.54, 1.807) is 0 Å². The third-order valence-corrected chi connectivity index (χ3v) is 2.69. The molecule has 0 fully saturated rings. The van der Waals surface area contributed by atoms with E-state index in [1.165, 1.54) is 0 Å². The summed E-state index contributed by atoms with van der Waals surface area (Å²) in [6.07, 6.45) is 0.850. The van der Waals surface area contributed by atoms with Crippen molar-refractivity contribution >= 4 is 0 Å². The van der Waals surface area contributed by atoms with E-state index >= 15 is 0 Å². The Bertz CT molecular complexity index is 520. The fourth-order valence-corrected chi connectivity index (χ4v) is 1.74. The molecule has 4 nitrogen and oxygen atoms in total. The molecule has 96 valence electrons. The Morgan fingerprint density at radius 3 is 2.67 bits per heavy atom. The standard InChI is InChI=1S/C14H18N2O2/c1-3-13-14(7-4-10(2)16-13)17-9-12-6-5-11(8-15)18-12/h4-7H,3,8-9,15H2,1-2H3. The van der Waals surface area contributed by atoms with Gasteiger partial charge in [-0.2, -0.15) is 0 Å². The van der Waals surface area contributed by atoms with E-state index in [2.05, 4.69) is 11.9 Å². The van der Waals surface area contributed by atoms with Crippen LogP contribution in [0.2, 0.25) is 0 Å². The lowest BCUT2D eigenvalue weighted by atomic mass is 10.2. The van der Waals surface area contributed by atoms with Crippen molar-refractivity contribution in [2.24, 2.45) is 5.73 Å². The highest BCUT2D eigenvalue weighted by atomic mass is 16.5. The van der Waals surface area contributed by atoms with Crippen LogP contribution < -0.4 is 10.5 Å². The van der Waals surface area contributed by atoms with Crippen LogP contribution >= 0.6 is 0 Å². The van der Waals surface area contributed by atoms with Crippen molar-refractivity contribution < 1.29 is 9.15 Å². The Balaban J connectivity index is 2.05. The molecule has 0 unspecified atom stereocenters. The van der Waals surface area contributed by atoms with E-state index in [9.17, 15) is 0 Å². The number of rotatable bonds is 5. The maximum absolute atomic E-state index is 5.73. The van der Waals surface area contributed by atoms with Crippen LogP contribution in [-0.2, 0) is 19.6 Å². The van der Waals surface area contributed by atoms with Gasteiger partial charge in [-0.1, -0.05) is 6.92 Å². The number of ether oxygens (including phenoxy) is 1. The van der Waals surface area contributed by atoms with Gasteiger partial charge in [-0.3, -0.25) is 4.98 Å². The van der Waals surface area contributed by atoms with Crippen LogP contribution in [0.4, 0.5) is 0 Å². The lowest BCUT2D eigenvalue weighted by molar-refractivity contribution is 0.262. The van der Waals surface area contributed by atoms with Gasteiger partial charge in [0.1, 0.15) is 23.9 Å². The first-order chi connectivity index (χ1) is 8.72. The molecule has 0 atom stereocenters. The quantitative estimate of drug-likeness (QED) is 0.880. The smallest absolute Gasteiger partial charge is 0.146 e. The van der Waals surface area contributed by atoms with Gasteiger partial charge in [0.25, 0.3) is 0 Å². The molecule has 0 bridgehead atoms. The van der Waals surface area contributed by atoms with Crippen LogP contribution in [0, 0.1) is 6.92 Å². The molecule has 0 spiro atoms. The number of nitrogens with two attached hydrogens (primary N) is 1. The predicted octanol–water partition coefficient (Wildman–Crippen LogP) is 2.58. The van der Waals surface area contributed by atoms with Gasteiger partial charge in [-0.15, -0.1) is 0 Å². The fraction of sp³-hybridized carbons (Fsp3) is 0.357. The Hall–Kier alpha value is -1.81. The highest BCUT2D eigenvalue weighted by Gasteiger charge is 2.06. The summed E-state index contributed by atoms with van der Waals surface area (Å²) in [6.45, 7) is 4.85. The second kappa shape index (κ2) is 5.69. The van der Waals surface area contributed by atoms with Gasteiger partial charge in [-0.25, -0.2) is 0 Å². The molecule has 2 aromatic heterocycles. The minimum atomic E-state index is 0.401. The molecule has 0 aliphatic rings. The summed E-state index contributed by atoms with van der Waals surface area (Å²) in [5.74, 6) is 2.36. The summed E-state index contributed by atoms with van der Waals surface area (Å²) in [5.41, 5.74) is 7.46. The molecule has 0 aliphatic heterocycles. The zero-order valence-corrected chi connectivity index (χ0v) is 10.8. The van der Waals surface area contributed by atoms with Crippen molar-refractivity contribution in [3.8, 4) is 5.75 Å². The molecule has 0 aromatic carbocycles. The molecule has 0 aliphatic carbocycles. The predicted molar refractivity (Wildman–Crippen MR) is 69.3 cm³/mol. The fourth-order valence-electron chi connectivity index (χ4n) is 1.74. The number of hydrogen-bond donors (Lipinski definition) is 1. The Morgan fingerprint density at radius 2 is 2.00 bits per heavy atom. The van der Waals surface area contributed by atoms with Crippen LogP contribution in [0.25, 0.3) is 0 Å². The highest BCUT2D eigenvalue weighted by molar-refractivity contribution is 5.29. The summed E-state index contributed by atoms with van der Waals surface area (Å²) in [7, 11) is 0. The average Bonchev–Trinajstić information content (AvgIpc) is 2.85. The molecule has 0 radical (unpaired) electrons. The molecular formula is C14H18N2O2. The number of aryl methyl sites for hydroxylation is 2. The number of nitrogens with zero attached hydrogens (tertiary/aromatic N) is 1. The van der Waals surface area contributed by atoms with Gasteiger partial charge in [0.15, 0.2) is 0 Å². The molecule has 0 saturated heterocycles. The van der Waals surface area contributed by atoms with Crippen LogP contribution in [0.15, 0.2) is 28.7 Å². The largest absolute Gasteiger partial charge is 0.484 e. The minimum Gasteiger partial charge on any atom is -0.484 e. The van der Waals surface area contributed by atoms with E-state index in [-0.39, 0.29) is 0 Å². The third kappa shape index (κ3) is 2.90. The minimum absolute atomic E-state index is 0.401. The second-order valence-corrected chi connectivity index (χ2v) is 4.11. The lowest BCUT2D eigenvalue weighted by Gasteiger charge is -2.09. The maximum Gasteiger partial charge on any atom is 0.146 e. The van der Waals surface area contributed by atoms with Crippen LogP contribution in [0.3, 0.4) is 0 Å². The van der Waals surface area contributed by atoms with Gasteiger partial charge in [-0.05, 0) is 37.6 Å². The number of furan rings is 1. The molecular weight excluding hydrogens is 228 g/mol. The Labute approximate surface area is 107 Å². The van der Waals surface area contributed by atoms with Crippen molar-refractivity contribution in [3.05, 3.63) is 47.2 Å². The molecule has 2 aromatic rings. The molecule has 4 heteroatoms. The van der Waals surface area contributed by atoms with Crippen molar-refractivity contribution in [2.45, 2.75) is 33.4 Å². The van der Waals surface area contributed by atoms with E-state index in [0.717, 1.165) is 35.1 Å². The monoisotopic (exact) mass is 246 g/mol. The SMILES string of the molecule is CCc1nc(C)ccc1OCc1ccc(CN)o1. The Kier molecular flexibility index (Phi) is 3.99. The van der Waals surface area contributed by atoms with E-state index in [1.807, 2.05) is 31.2 Å². The summed E-state index contributed by atoms with van der Waals surface area (Å²) in [6, 6.07) is 7.65.